The predicted octanol–water partition coefficient (Wildman–Crippen LogP) is 3.67. The van der Waals surface area contributed by atoms with E-state index in [9.17, 15) is 0 Å². The van der Waals surface area contributed by atoms with E-state index in [0.717, 1.165) is 10.4 Å². The topological polar surface area (TPSA) is 26.0 Å². The summed E-state index contributed by atoms with van der Waals surface area (Å²) in [7, 11) is 0. The van der Waals surface area contributed by atoms with Crippen molar-refractivity contribution in [3.05, 3.63) is 34.3 Å². The van der Waals surface area contributed by atoms with Crippen LogP contribution in [0.15, 0.2) is 28.7 Å². The van der Waals surface area contributed by atoms with E-state index >= 15 is 0 Å². The van der Waals surface area contributed by atoms with Gasteiger partial charge < -0.3 is 5.73 Å². The van der Waals surface area contributed by atoms with Crippen molar-refractivity contribution in [1.82, 2.24) is 0 Å². The van der Waals surface area contributed by atoms with Gasteiger partial charge in [-0.3, -0.25) is 0 Å². The molecule has 0 aromatic heterocycles. The van der Waals surface area contributed by atoms with Crippen LogP contribution in [-0.2, 0) is 0 Å². The zero-order valence-electron chi connectivity index (χ0n) is 7.95. The number of hydrogen-bond donors (Lipinski definition) is 1. The zero-order chi connectivity index (χ0) is 9.26. The minimum Gasteiger partial charge on any atom is -0.324 e. The van der Waals surface area contributed by atoms with E-state index in [2.05, 4.69) is 40.2 Å². The number of hydrogen-bond acceptors (Lipinski definition) is 1. The Morgan fingerprint density at radius 3 is 2.21 bits per heavy atom. The van der Waals surface area contributed by atoms with Crippen molar-refractivity contribution < 1.29 is 0 Å². The zero-order valence-corrected chi connectivity index (χ0v) is 10.4. The van der Waals surface area contributed by atoms with E-state index < -0.39 is 0 Å². The van der Waals surface area contributed by atoms with Crippen molar-refractivity contribution in [1.29, 1.82) is 0 Å². The fraction of sp³-hybridized carbons (Fsp3) is 0.455. The summed E-state index contributed by atoms with van der Waals surface area (Å²) in [5.41, 5.74) is 7.41. The van der Waals surface area contributed by atoms with Gasteiger partial charge in [-0.1, -0.05) is 34.5 Å². The van der Waals surface area contributed by atoms with Gasteiger partial charge in [0.2, 0.25) is 0 Å². The van der Waals surface area contributed by atoms with E-state index in [-0.39, 0.29) is 18.4 Å². The summed E-state index contributed by atoms with van der Waals surface area (Å²) in [5.74, 6) is 0.723. The predicted molar refractivity (Wildman–Crippen MR) is 65.7 cm³/mol. The van der Waals surface area contributed by atoms with E-state index in [1.165, 1.54) is 24.8 Å². The molecule has 3 heteroatoms. The van der Waals surface area contributed by atoms with Gasteiger partial charge >= 0.3 is 0 Å². The van der Waals surface area contributed by atoms with Gasteiger partial charge in [0.15, 0.2) is 0 Å². The summed E-state index contributed by atoms with van der Waals surface area (Å²) in [6.07, 6.45) is 3.96. The van der Waals surface area contributed by atoms with E-state index in [1.807, 2.05) is 0 Å². The Labute approximate surface area is 99.6 Å². The smallest absolute Gasteiger partial charge is 0.0323 e. The average molecular weight is 277 g/mol. The lowest BCUT2D eigenvalue weighted by molar-refractivity contribution is 0.264. The Bertz CT molecular complexity index is 282. The van der Waals surface area contributed by atoms with Crippen LogP contribution in [0.2, 0.25) is 0 Å². The van der Waals surface area contributed by atoms with E-state index in [1.54, 1.807) is 0 Å². The van der Waals surface area contributed by atoms with Crippen LogP contribution in [0.3, 0.4) is 0 Å². The van der Waals surface area contributed by atoms with Crippen LogP contribution < -0.4 is 5.73 Å². The maximum absolute atomic E-state index is 6.14. The Morgan fingerprint density at radius 2 is 1.79 bits per heavy atom. The van der Waals surface area contributed by atoms with Crippen LogP contribution in [-0.4, -0.2) is 0 Å². The van der Waals surface area contributed by atoms with Gasteiger partial charge in [0.25, 0.3) is 0 Å². The van der Waals surface area contributed by atoms with Crippen molar-refractivity contribution in [3.8, 4) is 0 Å². The first-order valence-corrected chi connectivity index (χ1v) is 5.58. The number of halogens is 2. The summed E-state index contributed by atoms with van der Waals surface area (Å²) in [6.45, 7) is 0. The minimum absolute atomic E-state index is 0. The lowest BCUT2D eigenvalue weighted by Gasteiger charge is -2.31. The molecule has 1 fully saturated rings. The molecule has 14 heavy (non-hydrogen) atoms. The van der Waals surface area contributed by atoms with Gasteiger partial charge in [0.05, 0.1) is 0 Å². The first kappa shape index (κ1) is 12.0. The molecule has 1 aliphatic carbocycles. The van der Waals surface area contributed by atoms with Crippen LogP contribution in [0.5, 0.6) is 0 Å². The monoisotopic (exact) mass is 275 g/mol. The second-order valence-electron chi connectivity index (χ2n) is 3.77. The lowest BCUT2D eigenvalue weighted by Crippen LogP contribution is -2.26. The molecule has 0 aliphatic heterocycles. The second-order valence-corrected chi connectivity index (χ2v) is 4.68. The minimum atomic E-state index is 0. The van der Waals surface area contributed by atoms with Crippen molar-refractivity contribution in [2.45, 2.75) is 25.3 Å². The van der Waals surface area contributed by atoms with Crippen molar-refractivity contribution in [2.75, 3.05) is 0 Å². The molecule has 1 aromatic rings. The Hall–Kier alpha value is -0.0500. The van der Waals surface area contributed by atoms with Gasteiger partial charge in [0, 0.05) is 10.5 Å². The van der Waals surface area contributed by atoms with Crippen molar-refractivity contribution in [3.63, 3.8) is 0 Å². The highest BCUT2D eigenvalue weighted by Gasteiger charge is 2.25. The Morgan fingerprint density at radius 1 is 1.21 bits per heavy atom. The van der Waals surface area contributed by atoms with Crippen molar-refractivity contribution in [2.24, 2.45) is 11.7 Å². The summed E-state index contributed by atoms with van der Waals surface area (Å²) < 4.78 is 1.12. The first-order chi connectivity index (χ1) is 6.27. The molecule has 2 N–H and O–H groups in total. The standard InChI is InChI=1S/C11H14BrN.ClH/c12-10-6-4-9(5-7-10)11(13)8-2-1-3-8;/h4-8,11H,1-3,13H2;1H/t11-;/m1./s1. The summed E-state index contributed by atoms with van der Waals surface area (Å²) in [4.78, 5) is 0. The van der Waals surface area contributed by atoms with Crippen LogP contribution in [0.1, 0.15) is 30.9 Å². The maximum atomic E-state index is 6.14. The molecule has 0 unspecified atom stereocenters. The molecule has 1 nitrogen and oxygen atoms in total. The maximum Gasteiger partial charge on any atom is 0.0323 e. The molecule has 0 bridgehead atoms. The molecule has 0 amide bonds. The van der Waals surface area contributed by atoms with Gasteiger partial charge in [0.1, 0.15) is 0 Å². The molecule has 1 aromatic carbocycles. The van der Waals surface area contributed by atoms with Gasteiger partial charge in [-0.05, 0) is 36.5 Å². The molecule has 1 saturated carbocycles. The molecular formula is C11H15BrClN. The highest BCUT2D eigenvalue weighted by Crippen LogP contribution is 2.36. The fourth-order valence-corrected chi connectivity index (χ4v) is 2.02. The summed E-state index contributed by atoms with van der Waals surface area (Å²) >= 11 is 3.42. The largest absolute Gasteiger partial charge is 0.324 e. The highest BCUT2D eigenvalue weighted by atomic mass is 79.9. The molecule has 0 saturated heterocycles. The normalized spacial score (nSPS) is 18.1. The first-order valence-electron chi connectivity index (χ1n) is 4.78. The molecular weight excluding hydrogens is 261 g/mol. The molecule has 0 radical (unpaired) electrons. The number of nitrogens with two attached hydrogens (primary N) is 1. The third-order valence-corrected chi connectivity index (χ3v) is 3.44. The summed E-state index contributed by atoms with van der Waals surface area (Å²) in [6, 6.07) is 8.61. The molecule has 1 atom stereocenters. The van der Waals surface area contributed by atoms with Gasteiger partial charge in [-0.25, -0.2) is 0 Å². The molecule has 1 aliphatic rings. The average Bonchev–Trinajstić information content (AvgIpc) is 2.02. The summed E-state index contributed by atoms with van der Waals surface area (Å²) in [5, 5.41) is 0. The Balaban J connectivity index is 0.000000980. The highest BCUT2D eigenvalue weighted by molar-refractivity contribution is 9.10. The van der Waals surface area contributed by atoms with E-state index in [0.29, 0.717) is 0 Å². The van der Waals surface area contributed by atoms with Crippen LogP contribution in [0.4, 0.5) is 0 Å². The quantitative estimate of drug-likeness (QED) is 0.876. The SMILES string of the molecule is Cl.N[C@@H](c1ccc(Br)cc1)C1CCC1. The lowest BCUT2D eigenvalue weighted by atomic mass is 9.78. The van der Waals surface area contributed by atoms with Gasteiger partial charge in [-0.2, -0.15) is 0 Å². The Kier molecular flexibility index (Phi) is 4.42. The van der Waals surface area contributed by atoms with Crippen molar-refractivity contribution >= 4 is 28.3 Å². The second kappa shape index (κ2) is 5.15. The van der Waals surface area contributed by atoms with Crippen LogP contribution in [0, 0.1) is 5.92 Å². The fourth-order valence-electron chi connectivity index (χ4n) is 1.76. The number of rotatable bonds is 2. The molecule has 78 valence electrons. The number of benzene rings is 1. The molecule has 2 rings (SSSR count). The van der Waals surface area contributed by atoms with E-state index in [4.69, 9.17) is 5.73 Å². The third kappa shape index (κ3) is 2.50. The molecule has 0 spiro atoms. The van der Waals surface area contributed by atoms with Crippen LogP contribution >= 0.6 is 28.3 Å². The third-order valence-electron chi connectivity index (χ3n) is 2.91. The van der Waals surface area contributed by atoms with Crippen LogP contribution in [0.25, 0.3) is 0 Å². The van der Waals surface area contributed by atoms with Gasteiger partial charge in [-0.15, -0.1) is 12.4 Å². The molecule has 0 heterocycles.